The molecule has 1 atom stereocenters. The largest absolute Gasteiger partial charge is 0.311 e. The summed E-state index contributed by atoms with van der Waals surface area (Å²) in [6.07, 6.45) is 1.07. The lowest BCUT2D eigenvalue weighted by Gasteiger charge is -2.19. The molecular weight excluding hydrogens is 394 g/mol. The van der Waals surface area contributed by atoms with Crippen molar-refractivity contribution in [2.24, 2.45) is 5.92 Å². The standard InChI is InChI=1S/C24H25N3O2S/c1-4-17-7-5-6-8-21(17)27-13-18(12-22(27)28)23(29)26-24-25-20(14-30-24)19-11-15(2)9-10-16(19)3/h5-11,14,18H,4,12-13H2,1-3H3,(H,25,26,29). The van der Waals surface area contributed by atoms with Crippen molar-refractivity contribution >= 4 is 34.0 Å². The Balaban J connectivity index is 1.47. The molecule has 6 heteroatoms. The SMILES string of the molecule is CCc1ccccc1N1CC(C(=O)Nc2nc(-c3cc(C)ccc3C)cs2)CC1=O. The molecule has 2 amide bonds. The summed E-state index contributed by atoms with van der Waals surface area (Å²) in [5.74, 6) is -0.538. The van der Waals surface area contributed by atoms with Gasteiger partial charge >= 0.3 is 0 Å². The van der Waals surface area contributed by atoms with Crippen LogP contribution in [0.15, 0.2) is 47.8 Å². The molecule has 0 radical (unpaired) electrons. The first-order valence-electron chi connectivity index (χ1n) is 10.2. The number of amides is 2. The molecule has 5 nitrogen and oxygen atoms in total. The summed E-state index contributed by atoms with van der Waals surface area (Å²) in [7, 11) is 0. The number of rotatable bonds is 5. The second kappa shape index (κ2) is 8.40. The molecular formula is C24H25N3O2S. The van der Waals surface area contributed by atoms with E-state index in [0.717, 1.165) is 34.5 Å². The van der Waals surface area contributed by atoms with E-state index in [1.807, 2.05) is 29.6 Å². The first kappa shape index (κ1) is 20.3. The third-order valence-corrected chi connectivity index (χ3v) is 6.32. The van der Waals surface area contributed by atoms with Crippen LogP contribution >= 0.6 is 11.3 Å². The Hall–Kier alpha value is -2.99. The lowest BCUT2D eigenvalue weighted by molar-refractivity contribution is -0.122. The maximum atomic E-state index is 12.8. The number of anilines is 2. The summed E-state index contributed by atoms with van der Waals surface area (Å²) in [5, 5.41) is 5.44. The average molecular weight is 420 g/mol. The van der Waals surface area contributed by atoms with E-state index in [1.54, 1.807) is 4.90 Å². The van der Waals surface area contributed by atoms with Gasteiger partial charge in [-0.05, 0) is 43.5 Å². The smallest absolute Gasteiger partial charge is 0.231 e. The van der Waals surface area contributed by atoms with E-state index < -0.39 is 0 Å². The van der Waals surface area contributed by atoms with Crippen LogP contribution in [0.5, 0.6) is 0 Å². The van der Waals surface area contributed by atoms with Crippen LogP contribution in [-0.2, 0) is 16.0 Å². The van der Waals surface area contributed by atoms with Gasteiger partial charge in [0, 0.05) is 29.6 Å². The van der Waals surface area contributed by atoms with Crippen LogP contribution in [0.3, 0.4) is 0 Å². The van der Waals surface area contributed by atoms with Gasteiger partial charge in [-0.1, -0.05) is 42.8 Å². The van der Waals surface area contributed by atoms with Crippen molar-refractivity contribution in [3.05, 3.63) is 64.5 Å². The fourth-order valence-electron chi connectivity index (χ4n) is 3.86. The summed E-state index contributed by atoms with van der Waals surface area (Å²) in [5.41, 5.74) is 6.28. The number of thiazole rings is 1. The van der Waals surface area contributed by atoms with Gasteiger partial charge < -0.3 is 10.2 Å². The third kappa shape index (κ3) is 4.00. The minimum absolute atomic E-state index is 0.00809. The number of nitrogens with zero attached hydrogens (tertiary/aromatic N) is 2. The Morgan fingerprint density at radius 1 is 1.23 bits per heavy atom. The molecule has 1 aromatic heterocycles. The van der Waals surface area contributed by atoms with Crippen LogP contribution in [0.4, 0.5) is 10.8 Å². The van der Waals surface area contributed by atoms with Gasteiger partial charge in [0.2, 0.25) is 11.8 Å². The molecule has 30 heavy (non-hydrogen) atoms. The number of benzene rings is 2. The first-order valence-corrected chi connectivity index (χ1v) is 11.1. The molecule has 1 fully saturated rings. The normalized spacial score (nSPS) is 16.2. The molecule has 154 valence electrons. The molecule has 0 spiro atoms. The predicted octanol–water partition coefficient (Wildman–Crippen LogP) is 4.98. The molecule has 4 rings (SSSR count). The number of aryl methyl sites for hydroxylation is 3. The highest BCUT2D eigenvalue weighted by atomic mass is 32.1. The van der Waals surface area contributed by atoms with Crippen molar-refractivity contribution in [2.45, 2.75) is 33.6 Å². The number of hydrogen-bond donors (Lipinski definition) is 1. The molecule has 1 unspecified atom stereocenters. The molecule has 1 saturated heterocycles. The Morgan fingerprint density at radius 3 is 2.83 bits per heavy atom. The fraction of sp³-hybridized carbons (Fsp3) is 0.292. The Labute approximate surface area is 180 Å². The van der Waals surface area contributed by atoms with Crippen LogP contribution < -0.4 is 10.2 Å². The highest BCUT2D eigenvalue weighted by molar-refractivity contribution is 7.14. The van der Waals surface area contributed by atoms with Gasteiger partial charge in [0.15, 0.2) is 5.13 Å². The molecule has 1 aliphatic rings. The predicted molar refractivity (Wildman–Crippen MR) is 122 cm³/mol. The number of aromatic nitrogens is 1. The molecule has 1 N–H and O–H groups in total. The average Bonchev–Trinajstić information content (AvgIpc) is 3.36. The minimum Gasteiger partial charge on any atom is -0.311 e. The van der Waals surface area contributed by atoms with Crippen molar-refractivity contribution < 1.29 is 9.59 Å². The number of para-hydroxylation sites is 1. The van der Waals surface area contributed by atoms with E-state index in [4.69, 9.17) is 0 Å². The maximum Gasteiger partial charge on any atom is 0.231 e. The van der Waals surface area contributed by atoms with E-state index in [0.29, 0.717) is 11.7 Å². The van der Waals surface area contributed by atoms with Crippen LogP contribution in [0.2, 0.25) is 0 Å². The van der Waals surface area contributed by atoms with Gasteiger partial charge in [-0.25, -0.2) is 4.98 Å². The Morgan fingerprint density at radius 2 is 2.03 bits per heavy atom. The monoisotopic (exact) mass is 419 g/mol. The molecule has 1 aliphatic heterocycles. The topological polar surface area (TPSA) is 62.3 Å². The van der Waals surface area contributed by atoms with E-state index in [9.17, 15) is 9.59 Å². The van der Waals surface area contributed by atoms with Crippen molar-refractivity contribution in [1.29, 1.82) is 0 Å². The first-order chi connectivity index (χ1) is 14.5. The van der Waals surface area contributed by atoms with Gasteiger partial charge in [0.05, 0.1) is 11.6 Å². The Bertz CT molecular complexity index is 1110. The minimum atomic E-state index is -0.379. The van der Waals surface area contributed by atoms with Crippen LogP contribution in [-0.4, -0.2) is 23.3 Å². The molecule has 2 aromatic carbocycles. The maximum absolute atomic E-state index is 12.8. The summed E-state index contributed by atoms with van der Waals surface area (Å²) in [6, 6.07) is 14.1. The number of nitrogens with one attached hydrogen (secondary N) is 1. The van der Waals surface area contributed by atoms with Crippen molar-refractivity contribution in [3.8, 4) is 11.3 Å². The van der Waals surface area contributed by atoms with Crippen LogP contribution in [0, 0.1) is 19.8 Å². The molecule has 0 saturated carbocycles. The number of carbonyl (C=O) groups is 2. The van der Waals surface area contributed by atoms with E-state index in [2.05, 4.69) is 49.3 Å². The van der Waals surface area contributed by atoms with Gasteiger partial charge in [0.1, 0.15) is 0 Å². The zero-order valence-corrected chi connectivity index (χ0v) is 18.3. The Kier molecular flexibility index (Phi) is 5.68. The van der Waals surface area contributed by atoms with Crippen LogP contribution in [0.1, 0.15) is 30.0 Å². The second-order valence-corrected chi connectivity index (χ2v) is 8.59. The molecule has 2 heterocycles. The summed E-state index contributed by atoms with van der Waals surface area (Å²) < 4.78 is 0. The second-order valence-electron chi connectivity index (χ2n) is 7.73. The number of hydrogen-bond acceptors (Lipinski definition) is 4. The van der Waals surface area contributed by atoms with E-state index >= 15 is 0 Å². The molecule has 3 aromatic rings. The highest BCUT2D eigenvalue weighted by Crippen LogP contribution is 2.31. The van der Waals surface area contributed by atoms with Gasteiger partial charge in [-0.3, -0.25) is 9.59 Å². The van der Waals surface area contributed by atoms with Crippen molar-refractivity contribution in [1.82, 2.24) is 4.98 Å². The fourth-order valence-corrected chi connectivity index (χ4v) is 4.58. The zero-order valence-electron chi connectivity index (χ0n) is 17.4. The van der Waals surface area contributed by atoms with Crippen LogP contribution in [0.25, 0.3) is 11.3 Å². The quantitative estimate of drug-likeness (QED) is 0.634. The number of carbonyl (C=O) groups excluding carboxylic acids is 2. The van der Waals surface area contributed by atoms with Gasteiger partial charge in [0.25, 0.3) is 0 Å². The van der Waals surface area contributed by atoms with Crippen molar-refractivity contribution in [2.75, 3.05) is 16.8 Å². The summed E-state index contributed by atoms with van der Waals surface area (Å²) in [4.78, 5) is 31.8. The highest BCUT2D eigenvalue weighted by Gasteiger charge is 2.36. The van der Waals surface area contributed by atoms with Crippen molar-refractivity contribution in [3.63, 3.8) is 0 Å². The molecule has 0 bridgehead atoms. The summed E-state index contributed by atoms with van der Waals surface area (Å²) >= 11 is 1.41. The third-order valence-electron chi connectivity index (χ3n) is 5.56. The van der Waals surface area contributed by atoms with E-state index in [-0.39, 0.29) is 24.2 Å². The lowest BCUT2D eigenvalue weighted by Crippen LogP contribution is -2.28. The van der Waals surface area contributed by atoms with Gasteiger partial charge in [-0.2, -0.15) is 0 Å². The molecule has 0 aliphatic carbocycles. The van der Waals surface area contributed by atoms with E-state index in [1.165, 1.54) is 16.9 Å². The lowest BCUT2D eigenvalue weighted by atomic mass is 10.0. The zero-order chi connectivity index (χ0) is 21.3. The van der Waals surface area contributed by atoms with Gasteiger partial charge in [-0.15, -0.1) is 11.3 Å². The summed E-state index contributed by atoms with van der Waals surface area (Å²) in [6.45, 7) is 6.58.